The maximum atomic E-state index is 12.9. The molecular weight excluding hydrogens is 1040 g/mol. The van der Waals surface area contributed by atoms with Crippen molar-refractivity contribution >= 4 is 39.5 Å². The van der Waals surface area contributed by atoms with Gasteiger partial charge in [0, 0.05) is 25.7 Å². The SMILES string of the molecule is CCCCCCCCCC(=O)O[C@H](COC(=O)CCCCCCC)COP(=O)(O)OC[C@H](O)COP(=O)(O)OC[C@@H](COC(=O)CCCCCCCCCCCCC(C)C)OC(=O)CCCCCCCCCCCCC(C)C. The van der Waals surface area contributed by atoms with Gasteiger partial charge in [-0.15, -0.1) is 0 Å². The zero-order valence-corrected chi connectivity index (χ0v) is 51.7. The van der Waals surface area contributed by atoms with Gasteiger partial charge in [0.05, 0.1) is 26.4 Å². The summed E-state index contributed by atoms with van der Waals surface area (Å²) < 4.78 is 67.5. The van der Waals surface area contributed by atoms with Gasteiger partial charge >= 0.3 is 39.5 Å². The Labute approximate surface area is 473 Å². The molecule has 462 valence electrons. The number of aliphatic hydroxyl groups is 1. The van der Waals surface area contributed by atoms with E-state index in [1.165, 1.54) is 83.5 Å². The third-order valence-corrected chi connectivity index (χ3v) is 15.4. The van der Waals surface area contributed by atoms with Crippen molar-refractivity contribution in [3.8, 4) is 0 Å². The van der Waals surface area contributed by atoms with Crippen molar-refractivity contribution in [2.45, 2.75) is 304 Å². The summed E-state index contributed by atoms with van der Waals surface area (Å²) in [6.07, 6.45) is 32.6. The van der Waals surface area contributed by atoms with Crippen LogP contribution in [0.4, 0.5) is 0 Å². The second-order valence-electron chi connectivity index (χ2n) is 22.3. The molecule has 5 atom stereocenters. The van der Waals surface area contributed by atoms with Gasteiger partial charge in [-0.2, -0.15) is 0 Å². The minimum atomic E-state index is -4.94. The number of rotatable bonds is 58. The predicted molar refractivity (Wildman–Crippen MR) is 308 cm³/mol. The van der Waals surface area contributed by atoms with Gasteiger partial charge in [0.15, 0.2) is 12.2 Å². The number of phosphoric ester groups is 2. The minimum Gasteiger partial charge on any atom is -0.462 e. The molecule has 0 aromatic rings. The Morgan fingerprint density at radius 1 is 0.346 bits per heavy atom. The van der Waals surface area contributed by atoms with Crippen molar-refractivity contribution < 1.29 is 80.2 Å². The first-order valence-corrected chi connectivity index (χ1v) is 34.0. The lowest BCUT2D eigenvalue weighted by atomic mass is 10.0. The highest BCUT2D eigenvalue weighted by Gasteiger charge is 2.30. The average Bonchev–Trinajstić information content (AvgIpc) is 3.39. The van der Waals surface area contributed by atoms with Crippen molar-refractivity contribution in [1.82, 2.24) is 0 Å². The fraction of sp³-hybridized carbons (Fsp3) is 0.932. The average molecular weight is 1160 g/mol. The minimum absolute atomic E-state index is 0.102. The third kappa shape index (κ3) is 53.4. The second kappa shape index (κ2) is 51.9. The Balaban J connectivity index is 5.17. The van der Waals surface area contributed by atoms with Crippen LogP contribution in [0, 0.1) is 11.8 Å². The molecule has 19 heteroatoms. The monoisotopic (exact) mass is 1160 g/mol. The van der Waals surface area contributed by atoms with E-state index in [9.17, 15) is 43.2 Å². The summed E-state index contributed by atoms with van der Waals surface area (Å²) in [6.45, 7) is 9.31. The molecule has 0 saturated heterocycles. The summed E-state index contributed by atoms with van der Waals surface area (Å²) in [5.41, 5.74) is 0. The molecule has 0 aromatic heterocycles. The molecule has 0 bridgehead atoms. The highest BCUT2D eigenvalue weighted by atomic mass is 31.2. The number of ether oxygens (including phenoxy) is 4. The standard InChI is InChI=1S/C59H114O17P2/c1-7-9-11-13-22-31-37-43-58(63)75-54(47-69-56(61)41-35-27-12-10-8-2)49-73-77(65,66)71-45-53(60)46-72-78(67,68)74-50-55(76-59(64)44-38-32-26-21-17-15-19-24-29-34-40-52(5)6)48-70-57(62)42-36-30-25-20-16-14-18-23-28-33-39-51(3)4/h51-55,60H,7-50H2,1-6H3,(H,65,66)(H,67,68)/t53-,54+,55+/m0/s1. The number of esters is 4. The van der Waals surface area contributed by atoms with Crippen LogP contribution < -0.4 is 0 Å². The summed E-state index contributed by atoms with van der Waals surface area (Å²) in [5.74, 6) is -0.646. The van der Waals surface area contributed by atoms with Crippen LogP contribution in [-0.4, -0.2) is 96.7 Å². The lowest BCUT2D eigenvalue weighted by Gasteiger charge is -2.21. The fourth-order valence-electron chi connectivity index (χ4n) is 8.65. The molecule has 0 aliphatic carbocycles. The highest BCUT2D eigenvalue weighted by Crippen LogP contribution is 2.45. The van der Waals surface area contributed by atoms with Crippen LogP contribution in [0.25, 0.3) is 0 Å². The smallest absolute Gasteiger partial charge is 0.462 e. The Morgan fingerprint density at radius 3 is 0.872 bits per heavy atom. The van der Waals surface area contributed by atoms with Gasteiger partial charge in [-0.25, -0.2) is 9.13 Å². The van der Waals surface area contributed by atoms with E-state index < -0.39 is 97.5 Å². The summed E-state index contributed by atoms with van der Waals surface area (Å²) in [5, 5.41) is 10.5. The molecule has 0 radical (unpaired) electrons. The van der Waals surface area contributed by atoms with Crippen LogP contribution in [0.5, 0.6) is 0 Å². The number of hydrogen-bond acceptors (Lipinski definition) is 15. The molecule has 78 heavy (non-hydrogen) atoms. The van der Waals surface area contributed by atoms with E-state index in [-0.39, 0.29) is 25.7 Å². The lowest BCUT2D eigenvalue weighted by molar-refractivity contribution is -0.161. The van der Waals surface area contributed by atoms with E-state index in [1.807, 2.05) is 0 Å². The predicted octanol–water partition coefficient (Wildman–Crippen LogP) is 15.7. The molecule has 0 aromatic carbocycles. The van der Waals surface area contributed by atoms with Gasteiger partial charge in [0.1, 0.15) is 19.3 Å². The lowest BCUT2D eigenvalue weighted by Crippen LogP contribution is -2.30. The maximum absolute atomic E-state index is 12.9. The molecule has 0 rings (SSSR count). The van der Waals surface area contributed by atoms with Crippen LogP contribution in [0.2, 0.25) is 0 Å². The van der Waals surface area contributed by atoms with Crippen molar-refractivity contribution in [2.24, 2.45) is 11.8 Å². The van der Waals surface area contributed by atoms with E-state index in [2.05, 4.69) is 41.5 Å². The van der Waals surface area contributed by atoms with Crippen LogP contribution in [0.1, 0.15) is 286 Å². The number of carbonyl (C=O) groups is 4. The van der Waals surface area contributed by atoms with Gasteiger partial charge < -0.3 is 33.8 Å². The summed E-state index contributed by atoms with van der Waals surface area (Å²) >= 11 is 0. The number of hydrogen-bond donors (Lipinski definition) is 3. The Bertz CT molecular complexity index is 1550. The van der Waals surface area contributed by atoms with E-state index in [0.717, 1.165) is 121 Å². The molecule has 0 aliphatic heterocycles. The van der Waals surface area contributed by atoms with Crippen LogP contribution in [-0.2, 0) is 65.4 Å². The first-order chi connectivity index (χ1) is 37.4. The molecule has 0 spiro atoms. The van der Waals surface area contributed by atoms with Gasteiger partial charge in [-0.3, -0.25) is 37.3 Å². The molecule has 2 unspecified atom stereocenters. The van der Waals surface area contributed by atoms with Crippen molar-refractivity contribution in [2.75, 3.05) is 39.6 Å². The molecule has 0 heterocycles. The number of carbonyl (C=O) groups excluding carboxylic acids is 4. The van der Waals surface area contributed by atoms with Crippen LogP contribution >= 0.6 is 15.6 Å². The van der Waals surface area contributed by atoms with Crippen molar-refractivity contribution in [3.63, 3.8) is 0 Å². The van der Waals surface area contributed by atoms with Crippen molar-refractivity contribution in [1.29, 1.82) is 0 Å². The summed E-state index contributed by atoms with van der Waals surface area (Å²) in [6, 6.07) is 0. The molecule has 17 nitrogen and oxygen atoms in total. The molecular formula is C59H114O17P2. The maximum Gasteiger partial charge on any atom is 0.472 e. The first-order valence-electron chi connectivity index (χ1n) is 31.0. The quantitative estimate of drug-likeness (QED) is 0.0222. The molecule has 0 fully saturated rings. The normalized spacial score (nSPS) is 14.4. The third-order valence-electron chi connectivity index (χ3n) is 13.5. The van der Waals surface area contributed by atoms with E-state index in [1.54, 1.807) is 0 Å². The molecule has 0 saturated carbocycles. The molecule has 3 N–H and O–H groups in total. The largest absolute Gasteiger partial charge is 0.472 e. The van der Waals surface area contributed by atoms with Gasteiger partial charge in [-0.1, -0.05) is 234 Å². The molecule has 0 aliphatic rings. The zero-order valence-electron chi connectivity index (χ0n) is 50.0. The second-order valence-corrected chi connectivity index (χ2v) is 25.2. The topological polar surface area (TPSA) is 237 Å². The fourth-order valence-corrected chi connectivity index (χ4v) is 10.2. The molecule has 0 amide bonds. The number of phosphoric acid groups is 2. The van der Waals surface area contributed by atoms with E-state index in [4.69, 9.17) is 37.0 Å². The number of aliphatic hydroxyl groups excluding tert-OH is 1. The van der Waals surface area contributed by atoms with Crippen LogP contribution in [0.3, 0.4) is 0 Å². The first kappa shape index (κ1) is 76.1. The Morgan fingerprint density at radius 2 is 0.590 bits per heavy atom. The van der Waals surface area contributed by atoms with Gasteiger partial charge in [0.25, 0.3) is 0 Å². The van der Waals surface area contributed by atoms with Crippen LogP contribution in [0.15, 0.2) is 0 Å². The van der Waals surface area contributed by atoms with E-state index >= 15 is 0 Å². The Kier molecular flexibility index (Phi) is 50.6. The summed E-state index contributed by atoms with van der Waals surface area (Å²) in [7, 11) is -9.86. The number of unbranched alkanes of at least 4 members (excludes halogenated alkanes) is 28. The Hall–Kier alpha value is -1.94. The summed E-state index contributed by atoms with van der Waals surface area (Å²) in [4.78, 5) is 71.6. The highest BCUT2D eigenvalue weighted by molar-refractivity contribution is 7.47. The van der Waals surface area contributed by atoms with Gasteiger partial charge in [-0.05, 0) is 37.5 Å². The van der Waals surface area contributed by atoms with E-state index in [0.29, 0.717) is 25.7 Å². The zero-order chi connectivity index (χ0) is 58.0. The van der Waals surface area contributed by atoms with Gasteiger partial charge in [0.2, 0.25) is 0 Å². The van der Waals surface area contributed by atoms with Crippen molar-refractivity contribution in [3.05, 3.63) is 0 Å².